The maximum absolute atomic E-state index is 13.0. The largest absolute Gasteiger partial charge is 0.496 e. The van der Waals surface area contributed by atoms with Crippen molar-refractivity contribution in [3.63, 3.8) is 0 Å². The molecule has 0 atom stereocenters. The Kier molecular flexibility index (Phi) is 5.25. The van der Waals surface area contributed by atoms with Crippen molar-refractivity contribution in [3.8, 4) is 5.75 Å². The number of thiocarbonyl (C=S) groups is 1. The number of nitrogens with zero attached hydrogens (tertiary/aromatic N) is 1. The molecule has 0 radical (unpaired) electrons. The standard InChI is InChI=1S/C18H12BrF3N2O2S/c1-26-15-6-5-12(19)7-10(15)8-14-16(25)24(17(27)23-14)13-4-2-3-11(9-13)18(20,21)22/h2-9H,1H3,(H,23,27). The monoisotopic (exact) mass is 456 g/mol. The van der Waals surface area contributed by atoms with E-state index < -0.39 is 17.6 Å². The summed E-state index contributed by atoms with van der Waals surface area (Å²) in [5.41, 5.74) is -0.0798. The van der Waals surface area contributed by atoms with Crippen LogP contribution in [-0.2, 0) is 11.0 Å². The van der Waals surface area contributed by atoms with Crippen LogP contribution in [0.2, 0.25) is 0 Å². The lowest BCUT2D eigenvalue weighted by Crippen LogP contribution is -2.30. The van der Waals surface area contributed by atoms with Crippen molar-refractivity contribution >= 4 is 50.9 Å². The summed E-state index contributed by atoms with van der Waals surface area (Å²) in [6, 6.07) is 9.69. The molecule has 2 aromatic carbocycles. The van der Waals surface area contributed by atoms with Crippen LogP contribution in [0, 0.1) is 0 Å². The van der Waals surface area contributed by atoms with Gasteiger partial charge in [-0.15, -0.1) is 0 Å². The smallest absolute Gasteiger partial charge is 0.416 e. The van der Waals surface area contributed by atoms with E-state index in [-0.39, 0.29) is 16.5 Å². The first-order valence-electron chi connectivity index (χ1n) is 7.58. The van der Waals surface area contributed by atoms with Crippen LogP contribution >= 0.6 is 28.1 Å². The highest BCUT2D eigenvalue weighted by Crippen LogP contribution is 2.33. The van der Waals surface area contributed by atoms with Crippen molar-refractivity contribution in [2.24, 2.45) is 0 Å². The van der Waals surface area contributed by atoms with Gasteiger partial charge in [-0.1, -0.05) is 22.0 Å². The molecule has 27 heavy (non-hydrogen) atoms. The Bertz CT molecular complexity index is 960. The average molecular weight is 457 g/mol. The zero-order chi connectivity index (χ0) is 19.8. The molecule has 1 aliphatic rings. The van der Waals surface area contributed by atoms with Gasteiger partial charge in [-0.3, -0.25) is 9.69 Å². The number of methoxy groups -OCH3 is 1. The summed E-state index contributed by atoms with van der Waals surface area (Å²) in [5, 5.41) is 2.75. The quantitative estimate of drug-likeness (QED) is 0.534. The van der Waals surface area contributed by atoms with Crippen LogP contribution in [0.1, 0.15) is 11.1 Å². The van der Waals surface area contributed by atoms with Gasteiger partial charge in [0.2, 0.25) is 0 Å². The van der Waals surface area contributed by atoms with E-state index in [9.17, 15) is 18.0 Å². The maximum Gasteiger partial charge on any atom is 0.416 e. The molecule has 1 saturated heterocycles. The summed E-state index contributed by atoms with van der Waals surface area (Å²) in [4.78, 5) is 13.8. The Hall–Kier alpha value is -2.39. The molecule has 1 N–H and O–H groups in total. The van der Waals surface area contributed by atoms with Crippen LogP contribution in [0.5, 0.6) is 5.75 Å². The minimum atomic E-state index is -4.52. The average Bonchev–Trinajstić information content (AvgIpc) is 2.88. The Morgan fingerprint density at radius 2 is 1.96 bits per heavy atom. The molecule has 1 aliphatic heterocycles. The second-order valence-corrected chi connectivity index (χ2v) is 6.87. The molecule has 1 amide bonds. The number of halogens is 4. The SMILES string of the molecule is COc1ccc(Br)cc1C=C1NC(=S)N(c2cccc(C(F)(F)F)c2)C1=O. The second-order valence-electron chi connectivity index (χ2n) is 5.56. The van der Waals surface area contributed by atoms with Crippen molar-refractivity contribution in [1.29, 1.82) is 0 Å². The van der Waals surface area contributed by atoms with E-state index in [4.69, 9.17) is 17.0 Å². The summed E-state index contributed by atoms with van der Waals surface area (Å²) in [5.74, 6) is -0.0231. The molecule has 0 aromatic heterocycles. The molecule has 4 nitrogen and oxygen atoms in total. The van der Waals surface area contributed by atoms with E-state index in [1.165, 1.54) is 25.3 Å². The molecular weight excluding hydrogens is 445 g/mol. The highest BCUT2D eigenvalue weighted by Gasteiger charge is 2.35. The number of rotatable bonds is 3. The number of anilines is 1. The summed E-state index contributed by atoms with van der Waals surface area (Å²) in [6.07, 6.45) is -2.98. The number of nitrogens with one attached hydrogen (secondary N) is 1. The Morgan fingerprint density at radius 1 is 1.22 bits per heavy atom. The highest BCUT2D eigenvalue weighted by atomic mass is 79.9. The fourth-order valence-electron chi connectivity index (χ4n) is 2.56. The number of carbonyl (C=O) groups excluding carboxylic acids is 1. The lowest BCUT2D eigenvalue weighted by atomic mass is 10.1. The molecule has 9 heteroatoms. The number of benzene rings is 2. The normalized spacial score (nSPS) is 16.0. The molecule has 1 heterocycles. The summed E-state index contributed by atoms with van der Waals surface area (Å²) in [7, 11) is 1.49. The lowest BCUT2D eigenvalue weighted by molar-refractivity contribution is -0.137. The van der Waals surface area contributed by atoms with Gasteiger partial charge >= 0.3 is 6.18 Å². The first-order valence-corrected chi connectivity index (χ1v) is 8.79. The van der Waals surface area contributed by atoms with E-state index in [1.807, 2.05) is 0 Å². The van der Waals surface area contributed by atoms with Gasteiger partial charge in [0.15, 0.2) is 5.11 Å². The first kappa shape index (κ1) is 19.4. The third kappa shape index (κ3) is 3.98. The Morgan fingerprint density at radius 3 is 2.63 bits per heavy atom. The minimum absolute atomic E-state index is 0.000428. The van der Waals surface area contributed by atoms with Gasteiger partial charge < -0.3 is 10.1 Å². The number of carbonyl (C=O) groups is 1. The maximum atomic E-state index is 13.0. The van der Waals surface area contributed by atoms with Crippen molar-refractivity contribution in [1.82, 2.24) is 5.32 Å². The molecule has 0 saturated carbocycles. The van der Waals surface area contributed by atoms with Crippen molar-refractivity contribution in [3.05, 3.63) is 63.8 Å². The van der Waals surface area contributed by atoms with Gasteiger partial charge in [-0.05, 0) is 54.7 Å². The fraction of sp³-hybridized carbons (Fsp3) is 0.111. The van der Waals surface area contributed by atoms with Crippen LogP contribution in [0.15, 0.2) is 52.6 Å². The van der Waals surface area contributed by atoms with Gasteiger partial charge in [0, 0.05) is 10.0 Å². The molecule has 0 aliphatic carbocycles. The van der Waals surface area contributed by atoms with Crippen molar-refractivity contribution in [2.75, 3.05) is 12.0 Å². The van der Waals surface area contributed by atoms with Crippen LogP contribution in [0.3, 0.4) is 0 Å². The molecule has 1 fully saturated rings. The Balaban J connectivity index is 1.98. The zero-order valence-electron chi connectivity index (χ0n) is 13.8. The molecule has 0 spiro atoms. The third-order valence-electron chi connectivity index (χ3n) is 3.80. The third-order valence-corrected chi connectivity index (χ3v) is 4.58. The lowest BCUT2D eigenvalue weighted by Gasteiger charge is -2.16. The topological polar surface area (TPSA) is 41.6 Å². The van der Waals surface area contributed by atoms with Crippen LogP contribution in [0.4, 0.5) is 18.9 Å². The molecular formula is C18H12BrF3N2O2S. The van der Waals surface area contributed by atoms with Gasteiger partial charge in [-0.25, -0.2) is 0 Å². The minimum Gasteiger partial charge on any atom is -0.496 e. The van der Waals surface area contributed by atoms with Gasteiger partial charge in [0.05, 0.1) is 18.4 Å². The number of hydrogen-bond acceptors (Lipinski definition) is 3. The number of alkyl halides is 3. The van der Waals surface area contributed by atoms with E-state index in [2.05, 4.69) is 21.2 Å². The number of ether oxygens (including phenoxy) is 1. The Labute approximate surface area is 166 Å². The van der Waals surface area contributed by atoms with Crippen LogP contribution in [0.25, 0.3) is 6.08 Å². The molecule has 0 unspecified atom stereocenters. The second kappa shape index (κ2) is 7.32. The van der Waals surface area contributed by atoms with E-state index in [1.54, 1.807) is 18.2 Å². The van der Waals surface area contributed by atoms with Gasteiger partial charge in [0.25, 0.3) is 5.91 Å². The molecule has 2 aromatic rings. The molecule has 0 bridgehead atoms. The first-order chi connectivity index (χ1) is 12.7. The summed E-state index contributed by atoms with van der Waals surface area (Å²) < 4.78 is 44.9. The summed E-state index contributed by atoms with van der Waals surface area (Å²) >= 11 is 8.49. The number of amides is 1. The predicted molar refractivity (Wildman–Crippen MR) is 103 cm³/mol. The summed E-state index contributed by atoms with van der Waals surface area (Å²) in [6.45, 7) is 0. The van der Waals surface area contributed by atoms with Gasteiger partial charge in [-0.2, -0.15) is 13.2 Å². The van der Waals surface area contributed by atoms with Crippen molar-refractivity contribution < 1.29 is 22.7 Å². The van der Waals surface area contributed by atoms with Crippen LogP contribution in [-0.4, -0.2) is 18.1 Å². The van der Waals surface area contributed by atoms with E-state index >= 15 is 0 Å². The van der Waals surface area contributed by atoms with Crippen molar-refractivity contribution in [2.45, 2.75) is 6.18 Å². The zero-order valence-corrected chi connectivity index (χ0v) is 16.2. The predicted octanol–water partition coefficient (Wildman–Crippen LogP) is 4.74. The number of hydrogen-bond donors (Lipinski definition) is 1. The van der Waals surface area contributed by atoms with E-state index in [0.717, 1.165) is 21.5 Å². The van der Waals surface area contributed by atoms with E-state index in [0.29, 0.717) is 11.3 Å². The molecule has 140 valence electrons. The van der Waals surface area contributed by atoms with Crippen LogP contribution < -0.4 is 15.0 Å². The van der Waals surface area contributed by atoms with Gasteiger partial charge in [0.1, 0.15) is 11.4 Å². The fourth-order valence-corrected chi connectivity index (χ4v) is 3.24. The highest BCUT2D eigenvalue weighted by molar-refractivity contribution is 9.10. The molecule has 3 rings (SSSR count).